The van der Waals surface area contributed by atoms with E-state index in [9.17, 15) is 28.0 Å². The van der Waals surface area contributed by atoms with Crippen LogP contribution in [0.1, 0.15) is 106 Å². The second kappa shape index (κ2) is 18.7. The average Bonchev–Trinajstić information content (AvgIpc) is 3.91. The molecule has 3 fully saturated rings. The number of nitrogens with one attached hydrogen (secondary N) is 3. The van der Waals surface area contributed by atoms with Crippen molar-refractivity contribution in [2.24, 2.45) is 0 Å². The maximum Gasteiger partial charge on any atom is 0.327 e. The van der Waals surface area contributed by atoms with Crippen molar-refractivity contribution in [1.29, 1.82) is 0 Å². The van der Waals surface area contributed by atoms with E-state index in [0.717, 1.165) is 73.7 Å². The molecule has 2 aromatic heterocycles. The molecule has 0 bridgehead atoms. The molecule has 14 heteroatoms. The third kappa shape index (κ3) is 10.2. The maximum absolute atomic E-state index is 13.5. The topological polar surface area (TPSA) is 150 Å². The zero-order valence-corrected chi connectivity index (χ0v) is 33.2. The Balaban J connectivity index is 0.000000237. The number of aryl methyl sites for hydroxylation is 1. The van der Waals surface area contributed by atoms with Gasteiger partial charge in [0.05, 0.1) is 5.56 Å². The molecule has 2 aliphatic heterocycles. The number of hydrogen-bond donors (Lipinski definition) is 3. The van der Waals surface area contributed by atoms with E-state index >= 15 is 0 Å². The highest BCUT2D eigenvalue weighted by atomic mass is 19.3. The number of H-pyrrole nitrogens is 1. The van der Waals surface area contributed by atoms with Crippen LogP contribution in [0.15, 0.2) is 79.0 Å². The number of piperidine rings is 2. The van der Waals surface area contributed by atoms with Gasteiger partial charge in [-0.3, -0.25) is 29.2 Å². The molecular weight excluding hydrogens is 745 g/mol. The van der Waals surface area contributed by atoms with Gasteiger partial charge in [-0.1, -0.05) is 43.0 Å². The van der Waals surface area contributed by atoms with E-state index in [1.807, 2.05) is 38.2 Å². The molecule has 1 aliphatic carbocycles. The Kier molecular flexibility index (Phi) is 13.5. The van der Waals surface area contributed by atoms with E-state index in [2.05, 4.69) is 43.4 Å². The van der Waals surface area contributed by atoms with Crippen LogP contribution in [-0.2, 0) is 22.1 Å². The highest BCUT2D eigenvalue weighted by molar-refractivity contribution is 6.03. The van der Waals surface area contributed by atoms with E-state index in [-0.39, 0.29) is 41.2 Å². The lowest BCUT2D eigenvalue weighted by atomic mass is 9.87. The van der Waals surface area contributed by atoms with Gasteiger partial charge in [-0.2, -0.15) is 13.9 Å². The van der Waals surface area contributed by atoms with Crippen LogP contribution in [0.5, 0.6) is 5.88 Å². The van der Waals surface area contributed by atoms with E-state index in [1.165, 1.54) is 22.7 Å². The van der Waals surface area contributed by atoms with E-state index in [4.69, 9.17) is 4.74 Å². The molecule has 7 rings (SSSR count). The molecule has 2 saturated heterocycles. The first kappa shape index (κ1) is 41.9. The number of nitrogens with zero attached hydrogens (tertiary/aromatic N) is 4. The van der Waals surface area contributed by atoms with Gasteiger partial charge in [0.25, 0.3) is 5.91 Å². The van der Waals surface area contributed by atoms with Crippen LogP contribution in [-0.4, -0.2) is 88.7 Å². The summed E-state index contributed by atoms with van der Waals surface area (Å²) in [5.74, 6) is -1.79. The zero-order valence-electron chi connectivity index (χ0n) is 33.2. The Bertz CT molecular complexity index is 2100. The number of aldehydes is 2. The van der Waals surface area contributed by atoms with Gasteiger partial charge >= 0.3 is 5.92 Å². The van der Waals surface area contributed by atoms with Gasteiger partial charge in [-0.25, -0.2) is 4.98 Å². The number of alkyl halides is 2. The van der Waals surface area contributed by atoms with Crippen molar-refractivity contribution in [3.05, 3.63) is 118 Å². The zero-order chi connectivity index (χ0) is 41.4. The summed E-state index contributed by atoms with van der Waals surface area (Å²) in [4.78, 5) is 56.0. The minimum Gasteiger partial charge on any atom is -0.474 e. The molecule has 0 spiro atoms. The molecule has 3 aliphatic rings. The number of anilines is 1. The molecule has 3 N–H and O–H groups in total. The molecule has 4 aromatic rings. The summed E-state index contributed by atoms with van der Waals surface area (Å²) in [5.41, 5.74) is 4.94. The minimum atomic E-state index is -3.48. The second-order valence-corrected chi connectivity index (χ2v) is 15.3. The van der Waals surface area contributed by atoms with Crippen LogP contribution in [0.25, 0.3) is 0 Å². The average molecular weight is 796 g/mol. The Labute approximate surface area is 337 Å². The number of hydrogen-bond acceptors (Lipinski definition) is 9. The lowest BCUT2D eigenvalue weighted by Crippen LogP contribution is -2.50. The van der Waals surface area contributed by atoms with E-state index in [0.29, 0.717) is 42.9 Å². The number of pyridine rings is 1. The van der Waals surface area contributed by atoms with Crippen LogP contribution < -0.4 is 15.4 Å². The molecule has 1 saturated carbocycles. The summed E-state index contributed by atoms with van der Waals surface area (Å²) in [6.45, 7) is 7.94. The number of ether oxygens (including phenoxy) is 1. The Hall–Kier alpha value is -5.76. The summed E-state index contributed by atoms with van der Waals surface area (Å²) >= 11 is 0. The predicted molar refractivity (Wildman–Crippen MR) is 216 cm³/mol. The van der Waals surface area contributed by atoms with Gasteiger partial charge in [0, 0.05) is 66.9 Å². The number of aromatic amines is 1. The fourth-order valence-corrected chi connectivity index (χ4v) is 7.93. The van der Waals surface area contributed by atoms with Crippen molar-refractivity contribution in [2.75, 3.05) is 32.5 Å². The summed E-state index contributed by atoms with van der Waals surface area (Å²) in [7, 11) is 3.45. The first-order valence-corrected chi connectivity index (χ1v) is 19.7. The Morgan fingerprint density at radius 2 is 1.79 bits per heavy atom. The molecular formula is C44H51F2N7O5. The monoisotopic (exact) mass is 795 g/mol. The summed E-state index contributed by atoms with van der Waals surface area (Å²) < 4.78 is 33.0. The number of carbonyl (C=O) groups is 4. The number of allylic oxidation sites excluding steroid dienone is 1. The first-order valence-electron chi connectivity index (χ1n) is 19.7. The first-order chi connectivity index (χ1) is 27.9. The number of likely N-dealkylation sites (tertiary alicyclic amines) is 1. The van der Waals surface area contributed by atoms with Gasteiger partial charge in [-0.15, -0.1) is 0 Å². The van der Waals surface area contributed by atoms with Crippen LogP contribution >= 0.6 is 0 Å². The number of likely N-dealkylation sites (N-methyl/N-ethyl adjacent to an activating group) is 1. The Morgan fingerprint density at radius 3 is 2.45 bits per heavy atom. The molecule has 58 heavy (non-hydrogen) atoms. The third-order valence-corrected chi connectivity index (χ3v) is 11.3. The molecule has 4 heterocycles. The van der Waals surface area contributed by atoms with Crippen molar-refractivity contribution in [3.63, 3.8) is 0 Å². The molecule has 3 atom stereocenters. The summed E-state index contributed by atoms with van der Waals surface area (Å²) in [6, 6.07) is 18.5. The Morgan fingerprint density at radius 1 is 1.03 bits per heavy atom. The highest BCUT2D eigenvalue weighted by Gasteiger charge is 2.33. The van der Waals surface area contributed by atoms with E-state index < -0.39 is 12.0 Å². The molecule has 2 aromatic carbocycles. The smallest absolute Gasteiger partial charge is 0.327 e. The van der Waals surface area contributed by atoms with Gasteiger partial charge in [0.2, 0.25) is 11.8 Å². The van der Waals surface area contributed by atoms with Gasteiger partial charge in [-0.05, 0) is 100 Å². The minimum absolute atomic E-state index is 0.218. The molecule has 12 nitrogen and oxygen atoms in total. The number of aromatic nitrogens is 3. The van der Waals surface area contributed by atoms with Crippen LogP contribution in [0.3, 0.4) is 0 Å². The fraction of sp³-hybridized carbons (Fsp3) is 0.409. The van der Waals surface area contributed by atoms with Crippen molar-refractivity contribution in [2.45, 2.75) is 88.3 Å². The standard InChI is InChI=1S/C29H31F2N3O4.C15H20N4O/c1-19-3-10-26(27(37)32-19)33(2)28(38)25-9-6-22(15-23(25)17-35)21-11-13-34(14-12-21)16-20-4-7-24(8-5-20)29(30,31)18-36;1-10-4-3-5-15(17-10)20-12-7-6-11(8-12)13-9-14(16-2)19-18-13/h4-9,15,17-18,21,26H,1,3,10-14,16H2,2H3,(H,32,37);3-5,9,11-12H,6-8H2,1-2H3,(H2,16,18,19). The normalized spacial score (nSPS) is 20.1. The number of halogens is 2. The summed E-state index contributed by atoms with van der Waals surface area (Å²) in [6.07, 6.45) is 6.55. The fourth-order valence-electron chi connectivity index (χ4n) is 7.93. The molecule has 2 amide bonds. The SMILES string of the molecule is C=C1CCC(N(C)C(=O)c2ccc(C3CCN(Cc4ccc(C(F)(F)C=O)cc4)CC3)cc2C=O)C(=O)N1.CNc1cc(C2CCC(Oc3cccc(C)n3)C2)[nH]n1. The third-order valence-electron chi connectivity index (χ3n) is 11.3. The largest absolute Gasteiger partial charge is 0.474 e. The predicted octanol–water partition coefficient (Wildman–Crippen LogP) is 6.90. The van der Waals surface area contributed by atoms with Crippen LogP contribution in [0.4, 0.5) is 14.6 Å². The van der Waals surface area contributed by atoms with Crippen molar-refractivity contribution in [1.82, 2.24) is 30.3 Å². The highest BCUT2D eigenvalue weighted by Crippen LogP contribution is 2.36. The van der Waals surface area contributed by atoms with Gasteiger partial charge in [0.1, 0.15) is 18.0 Å². The lowest BCUT2D eigenvalue weighted by molar-refractivity contribution is -0.130. The second-order valence-electron chi connectivity index (χ2n) is 15.3. The number of carbonyl (C=O) groups excluding carboxylic acids is 4. The van der Waals surface area contributed by atoms with Gasteiger partial charge in [0.15, 0.2) is 12.6 Å². The molecule has 306 valence electrons. The van der Waals surface area contributed by atoms with Gasteiger partial charge < -0.3 is 20.3 Å². The quantitative estimate of drug-likeness (QED) is 0.130. The van der Waals surface area contributed by atoms with Crippen LogP contribution in [0, 0.1) is 6.92 Å². The molecule has 3 unspecified atom stereocenters. The summed E-state index contributed by atoms with van der Waals surface area (Å²) in [5, 5.41) is 13.0. The maximum atomic E-state index is 13.5. The van der Waals surface area contributed by atoms with Crippen LogP contribution in [0.2, 0.25) is 0 Å². The number of amides is 2. The van der Waals surface area contributed by atoms with Crippen molar-refractivity contribution >= 4 is 30.2 Å². The molecule has 0 radical (unpaired) electrons. The van der Waals surface area contributed by atoms with Crippen molar-refractivity contribution < 1.29 is 32.7 Å². The number of benzene rings is 2. The van der Waals surface area contributed by atoms with E-state index in [1.54, 1.807) is 31.3 Å². The lowest BCUT2D eigenvalue weighted by Gasteiger charge is -2.33. The number of rotatable bonds is 12. The van der Waals surface area contributed by atoms with Crippen molar-refractivity contribution in [3.8, 4) is 5.88 Å².